The first kappa shape index (κ1) is 12.2. The summed E-state index contributed by atoms with van der Waals surface area (Å²) >= 11 is 0. The van der Waals surface area contributed by atoms with Gasteiger partial charge in [-0.15, -0.1) is 0 Å². The molecule has 0 bridgehead atoms. The van der Waals surface area contributed by atoms with Crippen LogP contribution in [0.4, 0.5) is 4.39 Å². The van der Waals surface area contributed by atoms with Gasteiger partial charge in [-0.25, -0.2) is 4.39 Å². The number of hydrogen-bond acceptors (Lipinski definition) is 2. The zero-order chi connectivity index (χ0) is 13.2. The highest BCUT2D eigenvalue weighted by atomic mass is 19.1. The van der Waals surface area contributed by atoms with Crippen LogP contribution in [0.3, 0.4) is 0 Å². The number of amides is 1. The number of carbonyl (C=O) groups is 1. The van der Waals surface area contributed by atoms with Crippen molar-refractivity contribution in [2.45, 2.75) is 18.9 Å². The third-order valence-corrected chi connectivity index (χ3v) is 3.46. The smallest absolute Gasteiger partial charge is 0.267 e. The highest BCUT2D eigenvalue weighted by Gasteiger charge is 2.17. The van der Waals surface area contributed by atoms with E-state index in [2.05, 4.69) is 15.6 Å². The summed E-state index contributed by atoms with van der Waals surface area (Å²) in [5.74, 6) is -0.430. The lowest BCUT2D eigenvalue weighted by Crippen LogP contribution is -2.45. The second kappa shape index (κ2) is 5.01. The molecule has 5 heteroatoms. The summed E-state index contributed by atoms with van der Waals surface area (Å²) in [4.78, 5) is 15.1. The third-order valence-electron chi connectivity index (χ3n) is 3.46. The molecule has 100 valence electrons. The van der Waals surface area contributed by atoms with Crippen molar-refractivity contribution in [3.05, 3.63) is 35.8 Å². The molecule has 0 radical (unpaired) electrons. The average Bonchev–Trinajstić information content (AvgIpc) is 2.83. The van der Waals surface area contributed by atoms with Gasteiger partial charge in [0.25, 0.3) is 5.91 Å². The van der Waals surface area contributed by atoms with Crippen molar-refractivity contribution in [2.24, 2.45) is 0 Å². The molecule has 0 saturated carbocycles. The standard InChI is InChI=1S/C14H16FN3O/c15-10-3-4-12-9(6-10)7-13(18-12)14(19)17-11-2-1-5-16-8-11/h3-4,6-7,11,16,18H,1-2,5,8H2,(H,17,19). The summed E-state index contributed by atoms with van der Waals surface area (Å²) in [6.07, 6.45) is 2.07. The van der Waals surface area contributed by atoms with Crippen molar-refractivity contribution < 1.29 is 9.18 Å². The number of rotatable bonds is 2. The molecule has 1 aromatic carbocycles. The van der Waals surface area contributed by atoms with Crippen molar-refractivity contribution in [1.29, 1.82) is 0 Å². The highest BCUT2D eigenvalue weighted by Crippen LogP contribution is 2.16. The molecule has 3 N–H and O–H groups in total. The first-order valence-electron chi connectivity index (χ1n) is 6.52. The predicted octanol–water partition coefficient (Wildman–Crippen LogP) is 1.79. The summed E-state index contributed by atoms with van der Waals surface area (Å²) in [6, 6.07) is 6.30. The van der Waals surface area contributed by atoms with Crippen LogP contribution in [0.1, 0.15) is 23.3 Å². The van der Waals surface area contributed by atoms with Crippen LogP contribution in [0.5, 0.6) is 0 Å². The summed E-state index contributed by atoms with van der Waals surface area (Å²) in [5.41, 5.74) is 1.25. The maximum atomic E-state index is 13.1. The van der Waals surface area contributed by atoms with E-state index in [-0.39, 0.29) is 17.8 Å². The average molecular weight is 261 g/mol. The fourth-order valence-corrected chi connectivity index (χ4v) is 2.46. The number of nitrogens with one attached hydrogen (secondary N) is 3. The molecule has 3 rings (SSSR count). The van der Waals surface area contributed by atoms with Crippen LogP contribution in [-0.2, 0) is 0 Å². The molecule has 2 heterocycles. The molecule has 4 nitrogen and oxygen atoms in total. The zero-order valence-corrected chi connectivity index (χ0v) is 10.5. The van der Waals surface area contributed by atoms with Crippen LogP contribution < -0.4 is 10.6 Å². The van der Waals surface area contributed by atoms with E-state index < -0.39 is 0 Å². The molecule has 19 heavy (non-hydrogen) atoms. The Balaban J connectivity index is 1.77. The van der Waals surface area contributed by atoms with Gasteiger partial charge in [-0.3, -0.25) is 4.79 Å². The molecule has 0 aliphatic carbocycles. The number of carbonyl (C=O) groups excluding carboxylic acids is 1. The topological polar surface area (TPSA) is 56.9 Å². The van der Waals surface area contributed by atoms with E-state index in [9.17, 15) is 9.18 Å². The quantitative estimate of drug-likeness (QED) is 0.772. The minimum absolute atomic E-state index is 0.134. The van der Waals surface area contributed by atoms with E-state index in [0.717, 1.165) is 31.4 Å². The van der Waals surface area contributed by atoms with E-state index in [1.807, 2.05) is 0 Å². The summed E-state index contributed by atoms with van der Waals surface area (Å²) < 4.78 is 13.1. The fraction of sp³-hybridized carbons (Fsp3) is 0.357. The van der Waals surface area contributed by atoms with Crippen molar-refractivity contribution in [3.8, 4) is 0 Å². The first-order valence-corrected chi connectivity index (χ1v) is 6.52. The molecule has 1 unspecified atom stereocenters. The normalized spacial score (nSPS) is 19.5. The van der Waals surface area contributed by atoms with Crippen LogP contribution >= 0.6 is 0 Å². The van der Waals surface area contributed by atoms with E-state index in [1.54, 1.807) is 12.1 Å². The second-order valence-electron chi connectivity index (χ2n) is 4.93. The Morgan fingerprint density at radius 3 is 3.05 bits per heavy atom. The maximum Gasteiger partial charge on any atom is 0.267 e. The Bertz CT molecular complexity index is 602. The SMILES string of the molecule is O=C(NC1CCCNC1)c1cc2cc(F)ccc2[nH]1. The van der Waals surface area contributed by atoms with Gasteiger partial charge in [0, 0.05) is 23.5 Å². The monoisotopic (exact) mass is 261 g/mol. The number of aromatic nitrogens is 1. The highest BCUT2D eigenvalue weighted by molar-refractivity contribution is 5.98. The van der Waals surface area contributed by atoms with E-state index in [4.69, 9.17) is 0 Å². The molecule has 1 saturated heterocycles. The first-order chi connectivity index (χ1) is 9.22. The van der Waals surface area contributed by atoms with E-state index in [0.29, 0.717) is 11.1 Å². The minimum atomic E-state index is -0.296. The molecule has 1 fully saturated rings. The molecular formula is C14H16FN3O. The third kappa shape index (κ3) is 2.61. The van der Waals surface area contributed by atoms with Gasteiger partial charge < -0.3 is 15.6 Å². The molecule has 1 atom stereocenters. The number of halogens is 1. The van der Waals surface area contributed by atoms with E-state index >= 15 is 0 Å². The summed E-state index contributed by atoms with van der Waals surface area (Å²) in [6.45, 7) is 1.82. The van der Waals surface area contributed by atoms with Gasteiger partial charge in [-0.2, -0.15) is 0 Å². The van der Waals surface area contributed by atoms with Gasteiger partial charge in [0.1, 0.15) is 11.5 Å². The Hall–Kier alpha value is -1.88. The molecular weight excluding hydrogens is 245 g/mol. The molecule has 0 spiro atoms. The van der Waals surface area contributed by atoms with Crippen LogP contribution in [0.2, 0.25) is 0 Å². The molecule has 1 aliphatic rings. The van der Waals surface area contributed by atoms with Crippen molar-refractivity contribution >= 4 is 16.8 Å². The number of piperidine rings is 1. The lowest BCUT2D eigenvalue weighted by atomic mass is 10.1. The van der Waals surface area contributed by atoms with Crippen molar-refractivity contribution in [1.82, 2.24) is 15.6 Å². The summed E-state index contributed by atoms with van der Waals surface area (Å²) in [5, 5.41) is 6.95. The Morgan fingerprint density at radius 2 is 2.26 bits per heavy atom. The largest absolute Gasteiger partial charge is 0.351 e. The Morgan fingerprint density at radius 1 is 1.37 bits per heavy atom. The van der Waals surface area contributed by atoms with Gasteiger partial charge in [-0.1, -0.05) is 0 Å². The van der Waals surface area contributed by atoms with Crippen LogP contribution in [0, 0.1) is 5.82 Å². The second-order valence-corrected chi connectivity index (χ2v) is 4.93. The maximum absolute atomic E-state index is 13.1. The zero-order valence-electron chi connectivity index (χ0n) is 10.5. The van der Waals surface area contributed by atoms with Gasteiger partial charge in [-0.05, 0) is 43.7 Å². The van der Waals surface area contributed by atoms with Crippen molar-refractivity contribution in [2.75, 3.05) is 13.1 Å². The Kier molecular flexibility index (Phi) is 3.21. The Labute approximate surface area is 110 Å². The molecule has 1 aromatic heterocycles. The molecule has 1 amide bonds. The number of H-pyrrole nitrogens is 1. The van der Waals surface area contributed by atoms with Crippen LogP contribution in [0.25, 0.3) is 10.9 Å². The van der Waals surface area contributed by atoms with E-state index in [1.165, 1.54) is 12.1 Å². The number of aromatic amines is 1. The predicted molar refractivity (Wildman–Crippen MR) is 71.6 cm³/mol. The van der Waals surface area contributed by atoms with Gasteiger partial charge in [0.15, 0.2) is 0 Å². The summed E-state index contributed by atoms with van der Waals surface area (Å²) in [7, 11) is 0. The number of fused-ring (bicyclic) bond motifs is 1. The van der Waals surface area contributed by atoms with Crippen LogP contribution in [-0.4, -0.2) is 30.0 Å². The lowest BCUT2D eigenvalue weighted by Gasteiger charge is -2.23. The van der Waals surface area contributed by atoms with Crippen LogP contribution in [0.15, 0.2) is 24.3 Å². The number of benzene rings is 1. The van der Waals surface area contributed by atoms with Gasteiger partial charge in [0.2, 0.25) is 0 Å². The minimum Gasteiger partial charge on any atom is -0.351 e. The van der Waals surface area contributed by atoms with Crippen molar-refractivity contribution in [3.63, 3.8) is 0 Å². The molecule has 1 aliphatic heterocycles. The lowest BCUT2D eigenvalue weighted by molar-refractivity contribution is 0.0926. The number of hydrogen-bond donors (Lipinski definition) is 3. The fourth-order valence-electron chi connectivity index (χ4n) is 2.46. The molecule has 2 aromatic rings. The van der Waals surface area contributed by atoms with Gasteiger partial charge in [0.05, 0.1) is 0 Å². The van der Waals surface area contributed by atoms with Gasteiger partial charge >= 0.3 is 0 Å².